The van der Waals surface area contributed by atoms with Gasteiger partial charge in [0, 0.05) is 87.6 Å². The van der Waals surface area contributed by atoms with E-state index in [-0.39, 0.29) is 61.4 Å². The first-order chi connectivity index (χ1) is 63.1. The molecule has 1 fully saturated rings. The van der Waals surface area contributed by atoms with Crippen molar-refractivity contribution < 1.29 is 96.2 Å². The Morgan fingerprint density at radius 3 is 1.74 bits per heavy atom. The maximum absolute atomic E-state index is 14.5. The van der Waals surface area contributed by atoms with Gasteiger partial charge in [0.2, 0.25) is 11.8 Å². The normalized spacial score (nSPS) is 14.4. The number of rotatable bonds is 25. The number of ether oxygens (including phenoxy) is 7. The van der Waals surface area contributed by atoms with Crippen LogP contribution in [0.25, 0.3) is 0 Å². The maximum atomic E-state index is 14.5. The molecule has 14 rings (SSSR count). The largest absolute Gasteiger partial charge is 0.491 e. The second kappa shape index (κ2) is 49.0. The van der Waals surface area contributed by atoms with Crippen LogP contribution < -0.4 is 39.3 Å². The summed E-state index contributed by atoms with van der Waals surface area (Å²) < 4.78 is 170. The highest BCUT2D eigenvalue weighted by molar-refractivity contribution is 6.15. The van der Waals surface area contributed by atoms with Crippen molar-refractivity contribution in [2.24, 2.45) is 20.2 Å². The third-order valence-electron chi connectivity index (χ3n) is 18.8. The Morgan fingerprint density at radius 1 is 0.652 bits per heavy atom. The number of hydrazone groups is 2. The van der Waals surface area contributed by atoms with Crippen molar-refractivity contribution in [1.29, 1.82) is 5.26 Å². The van der Waals surface area contributed by atoms with Gasteiger partial charge in [-0.15, -0.1) is 0 Å². The number of pyridine rings is 4. The number of fused-ring (bicyclic) bond motifs is 1. The highest BCUT2D eigenvalue weighted by atomic mass is 19.4. The molecule has 3 aliphatic heterocycles. The molecule has 132 heavy (non-hydrogen) atoms. The van der Waals surface area contributed by atoms with Crippen molar-refractivity contribution in [2.75, 3.05) is 51.4 Å². The minimum absolute atomic E-state index is 0.00269. The molecule has 2 N–H and O–H groups in total. The topological polar surface area (TPSA) is 295 Å². The van der Waals surface area contributed by atoms with Crippen LogP contribution in [-0.2, 0) is 39.1 Å². The Labute approximate surface area is 755 Å². The number of nitriles is 1. The van der Waals surface area contributed by atoms with Gasteiger partial charge in [-0.3, -0.25) is 24.5 Å². The first-order valence-corrected chi connectivity index (χ1v) is 40.9. The number of carbonyl (C=O) groups excluding carboxylic acids is 4. The van der Waals surface area contributed by atoms with Crippen LogP contribution in [0.5, 0.6) is 40.4 Å². The summed E-state index contributed by atoms with van der Waals surface area (Å²) in [5.41, 5.74) is 2.17. The molecular formula is C96H95F10N15O11. The fraction of sp³-hybridized carbons (Fsp3) is 0.260. The molecule has 4 aromatic heterocycles. The fourth-order valence-electron chi connectivity index (χ4n) is 12.2. The van der Waals surface area contributed by atoms with Crippen LogP contribution in [0.1, 0.15) is 94.5 Å². The van der Waals surface area contributed by atoms with E-state index < -0.39 is 65.3 Å². The molecule has 1 saturated heterocycles. The van der Waals surface area contributed by atoms with Gasteiger partial charge in [0.05, 0.1) is 72.0 Å². The molecule has 7 aromatic carbocycles. The zero-order valence-electron chi connectivity index (χ0n) is 73.2. The number of aryl methyl sites for hydroxylation is 4. The molecule has 3 atom stereocenters. The first-order valence-electron chi connectivity index (χ1n) is 40.9. The SMILES string of the molecule is CC(=O)N1C(=O)N(CCc2cccnc2)Cc2cc(C(F)(C(F)(F)F)C(F)(F)F)ccc21.CC(COc1ccc(Oc2ccccc2)cc1)Oc1ccccn1.CC1=NNC(=O)N(/N=C/c2cccnc2)C1.CCC1OCC(COc2ccc(Oc3ccccc3)cc2)O1.Cc1ccc(N=CN(C)C=Nc2ccc(C)cc2C)c(C)c1.N#CCNC(=O)c1cnccc1C(F)(F)F. The zero-order chi connectivity index (χ0) is 95.4. The molecule has 3 aliphatic rings. The van der Waals surface area contributed by atoms with Crippen molar-refractivity contribution >= 4 is 65.5 Å². The van der Waals surface area contributed by atoms with E-state index in [0.717, 1.165) is 87.8 Å². The van der Waals surface area contributed by atoms with Gasteiger partial charge < -0.3 is 48.3 Å². The second-order valence-electron chi connectivity index (χ2n) is 29.4. The van der Waals surface area contributed by atoms with Crippen LogP contribution in [0, 0.1) is 39.0 Å². The van der Waals surface area contributed by atoms with Crippen LogP contribution in [0.15, 0.2) is 276 Å². The van der Waals surface area contributed by atoms with Gasteiger partial charge in [0.1, 0.15) is 66.5 Å². The summed E-state index contributed by atoms with van der Waals surface area (Å²) in [4.78, 5) is 75.4. The average molecular weight is 1820 g/mol. The number of anilines is 1. The number of imide groups is 1. The molecule has 0 saturated carbocycles. The lowest BCUT2D eigenvalue weighted by atomic mass is 9.91. The second-order valence-corrected chi connectivity index (χ2v) is 29.4. The summed E-state index contributed by atoms with van der Waals surface area (Å²) in [6.07, 6.45) is -1.21. The molecule has 6 amide bonds. The summed E-state index contributed by atoms with van der Waals surface area (Å²) in [5.74, 6) is 3.57. The van der Waals surface area contributed by atoms with Crippen molar-refractivity contribution in [3.05, 3.63) is 311 Å². The lowest BCUT2D eigenvalue weighted by Crippen LogP contribution is -2.51. The fourth-order valence-corrected chi connectivity index (χ4v) is 12.2. The van der Waals surface area contributed by atoms with Gasteiger partial charge >= 0.3 is 36.3 Å². The number of alkyl halides is 10. The number of nitrogens with one attached hydrogen (secondary N) is 2. The third kappa shape index (κ3) is 31.2. The van der Waals surface area contributed by atoms with E-state index in [9.17, 15) is 63.1 Å². The molecule has 26 nitrogen and oxygen atoms in total. The molecule has 690 valence electrons. The van der Waals surface area contributed by atoms with Crippen LogP contribution in [-0.4, -0.2) is 161 Å². The average Bonchev–Trinajstić information content (AvgIpc) is 0.761. The van der Waals surface area contributed by atoms with Gasteiger partial charge in [0.25, 0.3) is 5.91 Å². The quantitative estimate of drug-likeness (QED) is 0.0232. The van der Waals surface area contributed by atoms with Gasteiger partial charge in [-0.2, -0.15) is 55.0 Å². The number of aliphatic imine (C=N–C) groups is 2. The Morgan fingerprint density at radius 2 is 1.22 bits per heavy atom. The van der Waals surface area contributed by atoms with Gasteiger partial charge in [-0.1, -0.05) is 103 Å². The van der Waals surface area contributed by atoms with E-state index in [0.29, 0.717) is 60.9 Å². The van der Waals surface area contributed by atoms with E-state index >= 15 is 0 Å². The number of hydrogen-bond acceptors (Lipinski definition) is 20. The molecule has 11 aromatic rings. The molecule has 7 heterocycles. The highest BCUT2D eigenvalue weighted by Gasteiger charge is 2.73. The minimum Gasteiger partial charge on any atom is -0.491 e. The predicted octanol–water partition coefficient (Wildman–Crippen LogP) is 20.7. The number of nitrogens with zero attached hydrogens (tertiary/aromatic N) is 13. The number of urea groups is 2. The summed E-state index contributed by atoms with van der Waals surface area (Å²) in [5, 5.41) is 19.4. The maximum Gasteiger partial charge on any atom is 0.435 e. The van der Waals surface area contributed by atoms with E-state index in [2.05, 4.69) is 97.5 Å². The standard InChI is InChI=1S/C20H16F7N3O2.C20H19NO3.C19H23N3.C18H20O4.C10H11N5O.C9H6F3N3O/c1-12(31)30-16-5-4-15(18(21,19(22,23)24)20(25,26)27)9-14(16)11-29(17(30)32)8-6-13-3-2-7-28-10-13;1-16(23-20-9-5-6-14-21-20)15-22-17-10-12-19(13-11-17)24-18-7-3-2-4-8-18;1-14-6-8-18(16(3)10-14)20-12-22(5)13-21-19-9-7-15(2)11-17(19)4;1-2-18-20-13-17(22-18)12-19-14-8-10-16(11-9-14)21-15-6-4-3-5-7-15;1-8-7-15(10(16)14-13-8)12-6-9-3-2-4-11-5-9;10-9(11,12)7-1-3-14-5-6(7)8(16)15-4-2-13/h2-5,7,9-10H,6,8,11H2,1H3;2-14,16H,15H2,1H3;6-13H,1-5H3;3-11,17-18H,2,12-13H2,1H3;2-6H,7H2,1H3,(H,14,16);1,3,5H,4H2,(H,15,16)/b;;;;12-6+;. The Kier molecular flexibility index (Phi) is 37.4. The number of aromatic nitrogens is 4. The number of halogens is 10. The molecule has 0 aliphatic carbocycles. The monoisotopic (exact) mass is 1820 g/mol. The Bertz CT molecular complexity index is 5640. The summed E-state index contributed by atoms with van der Waals surface area (Å²) in [6, 6.07) is 62.1. The lowest BCUT2D eigenvalue weighted by Gasteiger charge is -2.37. The van der Waals surface area contributed by atoms with Crippen molar-refractivity contribution in [3.8, 4) is 46.4 Å². The van der Waals surface area contributed by atoms with E-state index in [4.69, 9.17) is 38.4 Å². The lowest BCUT2D eigenvalue weighted by molar-refractivity contribution is -0.348. The summed E-state index contributed by atoms with van der Waals surface area (Å²) >= 11 is 0. The van der Waals surface area contributed by atoms with Crippen LogP contribution in [0.3, 0.4) is 0 Å². The number of amides is 6. The van der Waals surface area contributed by atoms with Crippen molar-refractivity contribution in [3.63, 3.8) is 0 Å². The van der Waals surface area contributed by atoms with Crippen LogP contribution in [0.4, 0.5) is 70.6 Å². The van der Waals surface area contributed by atoms with Crippen molar-refractivity contribution in [2.45, 2.75) is 117 Å². The van der Waals surface area contributed by atoms with Crippen molar-refractivity contribution in [1.82, 2.24) is 45.5 Å². The van der Waals surface area contributed by atoms with E-state index in [1.807, 2.05) is 190 Å². The molecule has 0 radical (unpaired) electrons. The number of para-hydroxylation sites is 2. The third-order valence-corrected chi connectivity index (χ3v) is 18.8. The molecule has 36 heteroatoms. The van der Waals surface area contributed by atoms with E-state index in [1.165, 1.54) is 39.7 Å². The van der Waals surface area contributed by atoms with Gasteiger partial charge in [-0.25, -0.2) is 44.3 Å². The van der Waals surface area contributed by atoms with E-state index in [1.54, 1.807) is 55.7 Å². The number of carbonyl (C=O) groups is 4. The minimum atomic E-state index is -6.27. The van der Waals surface area contributed by atoms with Crippen LogP contribution in [0.2, 0.25) is 0 Å². The van der Waals surface area contributed by atoms with Gasteiger partial charge in [0.15, 0.2) is 6.29 Å². The number of benzene rings is 7. The summed E-state index contributed by atoms with van der Waals surface area (Å²) in [6.45, 7) is 16.3. The summed E-state index contributed by atoms with van der Waals surface area (Å²) in [7, 11) is 1.93. The molecule has 3 unspecified atom stereocenters. The predicted molar refractivity (Wildman–Crippen MR) is 478 cm³/mol. The molecule has 0 spiro atoms. The highest BCUT2D eigenvalue weighted by Crippen LogP contribution is 2.54. The van der Waals surface area contributed by atoms with Crippen LogP contribution >= 0.6 is 0 Å². The smallest absolute Gasteiger partial charge is 0.435 e. The zero-order valence-corrected chi connectivity index (χ0v) is 73.2. The molecule has 0 bridgehead atoms. The molecular weight excluding hydrogens is 1730 g/mol. The first kappa shape index (κ1) is 101. The van der Waals surface area contributed by atoms with Gasteiger partial charge in [-0.05, 0) is 198 Å². The Hall–Kier alpha value is -15.0. The Balaban J connectivity index is 0.000000181. The number of hydrogen-bond donors (Lipinski definition) is 2.